The van der Waals surface area contributed by atoms with Gasteiger partial charge in [0.2, 0.25) is 0 Å². The fourth-order valence-electron chi connectivity index (χ4n) is 1.54. The maximum absolute atomic E-state index is 12.0. The van der Waals surface area contributed by atoms with Gasteiger partial charge in [-0.1, -0.05) is 19.8 Å². The van der Waals surface area contributed by atoms with Crippen molar-refractivity contribution < 1.29 is 19.4 Å². The number of hydrogen-bond acceptors (Lipinski definition) is 3. The molecule has 0 saturated heterocycles. The van der Waals surface area contributed by atoms with Gasteiger partial charge in [0.05, 0.1) is 6.61 Å². The van der Waals surface area contributed by atoms with Gasteiger partial charge >= 0.3 is 12.0 Å². The molecule has 0 aromatic heterocycles. The molecule has 2 amide bonds. The lowest BCUT2D eigenvalue weighted by atomic mass is 10.2. The van der Waals surface area contributed by atoms with Crippen molar-refractivity contribution in [2.75, 3.05) is 40.4 Å². The summed E-state index contributed by atoms with van der Waals surface area (Å²) in [6.07, 6.45) is 3.09. The predicted octanol–water partition coefficient (Wildman–Crippen LogP) is 1.26. The minimum absolute atomic E-state index is 0.259. The third-order valence-electron chi connectivity index (χ3n) is 2.59. The lowest BCUT2D eigenvalue weighted by Gasteiger charge is -2.26. The van der Waals surface area contributed by atoms with Gasteiger partial charge in [-0.15, -0.1) is 0 Å². The Labute approximate surface area is 109 Å². The van der Waals surface area contributed by atoms with Gasteiger partial charge in [0.25, 0.3) is 0 Å². The molecule has 0 aromatic carbocycles. The minimum Gasteiger partial charge on any atom is -0.480 e. The van der Waals surface area contributed by atoms with Crippen LogP contribution in [0.5, 0.6) is 0 Å². The summed E-state index contributed by atoms with van der Waals surface area (Å²) in [6.45, 7) is 3.08. The predicted molar refractivity (Wildman–Crippen MR) is 68.6 cm³/mol. The second-order valence-corrected chi connectivity index (χ2v) is 4.22. The molecule has 18 heavy (non-hydrogen) atoms. The Morgan fingerprint density at radius 2 is 1.89 bits per heavy atom. The van der Waals surface area contributed by atoms with E-state index in [4.69, 9.17) is 9.84 Å². The van der Waals surface area contributed by atoms with Crippen molar-refractivity contribution in [3.8, 4) is 0 Å². The van der Waals surface area contributed by atoms with E-state index in [1.807, 2.05) is 0 Å². The van der Waals surface area contributed by atoms with E-state index in [-0.39, 0.29) is 12.6 Å². The van der Waals surface area contributed by atoms with Gasteiger partial charge in [-0.25, -0.2) is 4.79 Å². The Hall–Kier alpha value is -1.30. The lowest BCUT2D eigenvalue weighted by Crippen LogP contribution is -2.45. The Morgan fingerprint density at radius 1 is 1.22 bits per heavy atom. The number of urea groups is 1. The molecule has 0 unspecified atom stereocenters. The summed E-state index contributed by atoms with van der Waals surface area (Å²) in [5, 5.41) is 8.77. The molecule has 6 heteroatoms. The van der Waals surface area contributed by atoms with E-state index in [2.05, 4.69) is 6.92 Å². The Balaban J connectivity index is 4.28. The quantitative estimate of drug-likeness (QED) is 0.634. The average molecular weight is 260 g/mol. The number of carboxylic acids is 1. The van der Waals surface area contributed by atoms with E-state index < -0.39 is 5.97 Å². The van der Waals surface area contributed by atoms with Crippen molar-refractivity contribution in [2.45, 2.75) is 26.2 Å². The molecule has 0 radical (unpaired) electrons. The molecule has 0 bridgehead atoms. The van der Waals surface area contributed by atoms with Crippen LogP contribution < -0.4 is 0 Å². The van der Waals surface area contributed by atoms with Crippen LogP contribution in [0.4, 0.5) is 4.79 Å². The highest BCUT2D eigenvalue weighted by Crippen LogP contribution is 2.01. The number of methoxy groups -OCH3 is 1. The van der Waals surface area contributed by atoms with Gasteiger partial charge in [0, 0.05) is 27.2 Å². The van der Waals surface area contributed by atoms with Crippen molar-refractivity contribution >= 4 is 12.0 Å². The average Bonchev–Trinajstić information content (AvgIpc) is 2.33. The molecule has 0 aliphatic rings. The maximum atomic E-state index is 12.0. The van der Waals surface area contributed by atoms with Crippen LogP contribution >= 0.6 is 0 Å². The van der Waals surface area contributed by atoms with Crippen molar-refractivity contribution in [3.05, 3.63) is 0 Å². The van der Waals surface area contributed by atoms with Crippen molar-refractivity contribution in [3.63, 3.8) is 0 Å². The molecule has 6 nitrogen and oxygen atoms in total. The zero-order chi connectivity index (χ0) is 14.0. The third-order valence-corrected chi connectivity index (χ3v) is 2.59. The van der Waals surface area contributed by atoms with Gasteiger partial charge in [0.15, 0.2) is 0 Å². The highest BCUT2D eigenvalue weighted by molar-refractivity contribution is 5.80. The summed E-state index contributed by atoms with van der Waals surface area (Å²) < 4.78 is 4.88. The number of ether oxygens (including phenoxy) is 1. The zero-order valence-corrected chi connectivity index (χ0v) is 11.5. The first kappa shape index (κ1) is 16.7. The highest BCUT2D eigenvalue weighted by atomic mass is 16.5. The number of nitrogens with zero attached hydrogens (tertiary/aromatic N) is 2. The van der Waals surface area contributed by atoms with Crippen LogP contribution in [0.15, 0.2) is 0 Å². The maximum Gasteiger partial charge on any atom is 0.323 e. The largest absolute Gasteiger partial charge is 0.480 e. The molecule has 0 saturated carbocycles. The Kier molecular flexibility index (Phi) is 9.00. The smallest absolute Gasteiger partial charge is 0.323 e. The molecule has 1 N–H and O–H groups in total. The molecule has 0 atom stereocenters. The topological polar surface area (TPSA) is 70.1 Å². The molecule has 0 spiro atoms. The first-order chi connectivity index (χ1) is 8.52. The number of rotatable bonds is 9. The van der Waals surface area contributed by atoms with Gasteiger partial charge in [-0.2, -0.15) is 0 Å². The first-order valence-corrected chi connectivity index (χ1v) is 6.23. The highest BCUT2D eigenvalue weighted by Gasteiger charge is 2.19. The van der Waals surface area contributed by atoms with E-state index in [9.17, 15) is 9.59 Å². The number of unbranched alkanes of at least 4 members (excludes halogenated alkanes) is 2. The van der Waals surface area contributed by atoms with E-state index in [0.717, 1.165) is 19.3 Å². The standard InChI is InChI=1S/C12H24N2O4/c1-4-5-6-7-13(2)12(17)14(8-9-18-3)10-11(15)16/h4-10H2,1-3H3,(H,15,16). The van der Waals surface area contributed by atoms with Gasteiger partial charge in [0.1, 0.15) is 6.54 Å². The van der Waals surface area contributed by atoms with Gasteiger partial charge in [-0.05, 0) is 6.42 Å². The van der Waals surface area contributed by atoms with Crippen LogP contribution in [0.2, 0.25) is 0 Å². The lowest BCUT2D eigenvalue weighted by molar-refractivity contribution is -0.137. The van der Waals surface area contributed by atoms with E-state index in [1.54, 1.807) is 11.9 Å². The summed E-state index contributed by atoms with van der Waals surface area (Å²) >= 11 is 0. The van der Waals surface area contributed by atoms with Crippen LogP contribution in [0.3, 0.4) is 0 Å². The summed E-state index contributed by atoms with van der Waals surface area (Å²) in [5.41, 5.74) is 0. The molecular formula is C12H24N2O4. The van der Waals surface area contributed by atoms with Crippen molar-refractivity contribution in [1.82, 2.24) is 9.80 Å². The second kappa shape index (κ2) is 9.70. The molecule has 0 aliphatic carbocycles. The van der Waals surface area contributed by atoms with Crippen LogP contribution in [0.25, 0.3) is 0 Å². The van der Waals surface area contributed by atoms with E-state index >= 15 is 0 Å². The number of hydrogen-bond donors (Lipinski definition) is 1. The molecule has 0 fully saturated rings. The van der Waals surface area contributed by atoms with Crippen LogP contribution in [0.1, 0.15) is 26.2 Å². The molecule has 106 valence electrons. The van der Waals surface area contributed by atoms with Gasteiger partial charge in [-0.3, -0.25) is 4.79 Å². The van der Waals surface area contributed by atoms with E-state index in [1.165, 1.54) is 12.0 Å². The molecular weight excluding hydrogens is 236 g/mol. The molecule has 0 rings (SSSR count). The second-order valence-electron chi connectivity index (χ2n) is 4.22. The van der Waals surface area contributed by atoms with Crippen LogP contribution in [0, 0.1) is 0 Å². The van der Waals surface area contributed by atoms with Crippen molar-refractivity contribution in [1.29, 1.82) is 0 Å². The summed E-state index contributed by atoms with van der Waals surface area (Å²) in [5.74, 6) is -1.01. The number of aliphatic carboxylic acids is 1. The van der Waals surface area contributed by atoms with Crippen LogP contribution in [-0.2, 0) is 9.53 Å². The number of carbonyl (C=O) groups is 2. The number of carboxylic acid groups (broad SMARTS) is 1. The number of amides is 2. The molecule has 0 heterocycles. The monoisotopic (exact) mass is 260 g/mol. The summed E-state index contributed by atoms with van der Waals surface area (Å²) in [7, 11) is 3.22. The fraction of sp³-hybridized carbons (Fsp3) is 0.833. The first-order valence-electron chi connectivity index (χ1n) is 6.23. The van der Waals surface area contributed by atoms with Crippen LogP contribution in [-0.4, -0.2) is 67.3 Å². The Morgan fingerprint density at radius 3 is 2.39 bits per heavy atom. The Bertz CT molecular complexity index is 258. The van der Waals surface area contributed by atoms with Gasteiger partial charge < -0.3 is 19.6 Å². The molecule has 0 aliphatic heterocycles. The normalized spacial score (nSPS) is 10.2. The fourth-order valence-corrected chi connectivity index (χ4v) is 1.54. The van der Waals surface area contributed by atoms with Crippen molar-refractivity contribution in [2.24, 2.45) is 0 Å². The summed E-state index contributed by atoms with van der Waals surface area (Å²) in [4.78, 5) is 25.6. The minimum atomic E-state index is -1.01. The molecule has 0 aromatic rings. The number of carbonyl (C=O) groups excluding carboxylic acids is 1. The summed E-state index contributed by atoms with van der Waals surface area (Å²) in [6, 6.07) is -0.259. The zero-order valence-electron chi connectivity index (χ0n) is 11.5. The van der Waals surface area contributed by atoms with E-state index in [0.29, 0.717) is 19.7 Å². The SMILES string of the molecule is CCCCCN(C)C(=O)N(CCOC)CC(=O)O. The third kappa shape index (κ3) is 7.11.